The lowest BCUT2D eigenvalue weighted by atomic mass is 10.7. The zero-order valence-corrected chi connectivity index (χ0v) is 6.62. The molecule has 0 saturated carbocycles. The van der Waals surface area contributed by atoms with Gasteiger partial charge in [-0.15, -0.1) is 0 Å². The second-order valence-corrected chi connectivity index (χ2v) is 5.23. The summed E-state index contributed by atoms with van der Waals surface area (Å²) in [7, 11) is 0. The normalized spacial score (nSPS) is 10.4. The first kappa shape index (κ1) is 9.02. The van der Waals surface area contributed by atoms with Gasteiger partial charge in [-0.25, -0.2) is 9.36 Å². The molecule has 0 N–H and O–H groups in total. The summed E-state index contributed by atoms with van der Waals surface area (Å²) >= 11 is 9.67. The predicted octanol–water partition coefficient (Wildman–Crippen LogP) is 2.30. The second-order valence-electron chi connectivity index (χ2n) is 1.03. The summed E-state index contributed by atoms with van der Waals surface area (Å²) in [4.78, 5) is 10.1. The highest BCUT2D eigenvalue weighted by molar-refractivity contribution is 8.05. The number of rotatable bonds is 2. The van der Waals surface area contributed by atoms with Gasteiger partial charge in [0.2, 0.25) is 0 Å². The van der Waals surface area contributed by atoms with Gasteiger partial charge in [0.1, 0.15) is 0 Å². The molecule has 0 fully saturated rings. The van der Waals surface area contributed by atoms with Crippen molar-refractivity contribution in [2.24, 2.45) is 0 Å². The molecule has 52 valence electrons. The Morgan fingerprint density at radius 1 is 1.67 bits per heavy atom. The summed E-state index contributed by atoms with van der Waals surface area (Å²) < 4.78 is 14.1. The van der Waals surface area contributed by atoms with Crippen molar-refractivity contribution in [3.05, 3.63) is 12.7 Å². The monoisotopic (exact) mass is 188 g/mol. The highest BCUT2D eigenvalue weighted by Crippen LogP contribution is 2.57. The summed E-state index contributed by atoms with van der Waals surface area (Å²) in [5, 5.41) is 0. The quantitative estimate of drug-likeness (QED) is 0.494. The van der Waals surface area contributed by atoms with Crippen molar-refractivity contribution in [3.8, 4) is 0 Å². The third kappa shape index (κ3) is 5.90. The van der Waals surface area contributed by atoms with Crippen LogP contribution in [0.2, 0.25) is 0 Å². The first-order valence-corrected chi connectivity index (χ1v) is 5.24. The minimum Gasteiger partial charge on any atom is -0.386 e. The third-order valence-corrected chi connectivity index (χ3v) is 1.17. The topological polar surface area (TPSA) is 43.4 Å². The molecule has 0 unspecified atom stereocenters. The van der Waals surface area contributed by atoms with Gasteiger partial charge in [0.15, 0.2) is 0 Å². The maximum Gasteiger partial charge on any atom is 0.430 e. The van der Waals surface area contributed by atoms with Crippen LogP contribution in [0.3, 0.4) is 0 Å². The van der Waals surface area contributed by atoms with Crippen molar-refractivity contribution in [2.75, 3.05) is 0 Å². The third-order valence-electron chi connectivity index (χ3n) is 0.363. The molecule has 0 aliphatic rings. The van der Waals surface area contributed by atoms with E-state index in [2.05, 4.69) is 11.1 Å². The number of hydrogen-bond donors (Lipinski definition) is 0. The molecule has 9 heavy (non-hydrogen) atoms. The molecule has 0 heterocycles. The molecule has 0 aromatic rings. The van der Waals surface area contributed by atoms with Gasteiger partial charge in [-0.2, -0.15) is 0 Å². The van der Waals surface area contributed by atoms with E-state index in [1.54, 1.807) is 0 Å². The fraction of sp³-hybridized carbons (Fsp3) is 0. The van der Waals surface area contributed by atoms with Crippen LogP contribution in [0.5, 0.6) is 0 Å². The van der Waals surface area contributed by atoms with Gasteiger partial charge in [-0.05, 0) is 0 Å². The fourth-order valence-electron chi connectivity index (χ4n) is 0.142. The Morgan fingerprint density at radius 3 is 2.22 bits per heavy atom. The second kappa shape index (κ2) is 3.25. The van der Waals surface area contributed by atoms with Crippen LogP contribution < -0.4 is 0 Å². The Balaban J connectivity index is 3.89. The number of halogens is 2. The van der Waals surface area contributed by atoms with E-state index in [1.807, 2.05) is 0 Å². The lowest BCUT2D eigenvalue weighted by Crippen LogP contribution is -1.91. The van der Waals surface area contributed by atoms with E-state index in [-0.39, 0.29) is 0 Å². The molecule has 0 bridgehead atoms. The maximum absolute atomic E-state index is 10.2. The van der Waals surface area contributed by atoms with Crippen molar-refractivity contribution in [1.29, 1.82) is 0 Å². The molecule has 0 aromatic carbocycles. The van der Waals surface area contributed by atoms with Crippen LogP contribution in [0.4, 0.5) is 0 Å². The van der Waals surface area contributed by atoms with Crippen molar-refractivity contribution >= 4 is 34.5 Å². The molecule has 0 atom stereocenters. The van der Waals surface area contributed by atoms with Crippen molar-refractivity contribution in [3.63, 3.8) is 0 Å². The van der Waals surface area contributed by atoms with Crippen molar-refractivity contribution < 1.29 is 13.9 Å². The van der Waals surface area contributed by atoms with E-state index in [4.69, 9.17) is 22.5 Å². The minimum absolute atomic E-state index is 0.817. The van der Waals surface area contributed by atoms with E-state index in [0.29, 0.717) is 0 Å². The van der Waals surface area contributed by atoms with Crippen LogP contribution in [0.1, 0.15) is 0 Å². The van der Waals surface area contributed by atoms with Crippen LogP contribution in [0, 0.1) is 0 Å². The standard InChI is InChI=1S/C3H3Cl2O3P/c1-2-3(6)8-9(4,5)7/h2H,1H2. The summed E-state index contributed by atoms with van der Waals surface area (Å²) in [6, 6.07) is 0. The molecule has 0 spiro atoms. The Bertz CT molecular complexity index is 172. The summed E-state index contributed by atoms with van der Waals surface area (Å²) in [6.07, 6.45) is -2.90. The van der Waals surface area contributed by atoms with Gasteiger partial charge in [0.05, 0.1) is 0 Å². The van der Waals surface area contributed by atoms with Gasteiger partial charge >= 0.3 is 12.0 Å². The SMILES string of the molecule is C=CC(=O)OP(=O)(Cl)Cl. The fourth-order valence-corrected chi connectivity index (χ4v) is 0.834. The molecule has 0 aliphatic carbocycles. The zero-order valence-electron chi connectivity index (χ0n) is 4.21. The van der Waals surface area contributed by atoms with Crippen LogP contribution in [0.15, 0.2) is 12.7 Å². The number of hydrogen-bond acceptors (Lipinski definition) is 3. The maximum atomic E-state index is 10.2. The molecule has 0 aliphatic heterocycles. The van der Waals surface area contributed by atoms with E-state index in [9.17, 15) is 9.36 Å². The van der Waals surface area contributed by atoms with Gasteiger partial charge in [0.25, 0.3) is 0 Å². The van der Waals surface area contributed by atoms with Gasteiger partial charge in [0, 0.05) is 28.6 Å². The van der Waals surface area contributed by atoms with E-state index in [0.717, 1.165) is 6.08 Å². The Hall–Kier alpha value is 0.0200. The highest BCUT2D eigenvalue weighted by Gasteiger charge is 2.17. The van der Waals surface area contributed by atoms with Gasteiger partial charge in [-0.3, -0.25) is 0 Å². The molecule has 0 saturated heterocycles. The lowest BCUT2D eigenvalue weighted by molar-refractivity contribution is -0.128. The van der Waals surface area contributed by atoms with E-state index in [1.165, 1.54) is 0 Å². The van der Waals surface area contributed by atoms with Crippen LogP contribution in [0.25, 0.3) is 0 Å². The summed E-state index contributed by atoms with van der Waals surface area (Å²) in [6.45, 7) is 3.03. The van der Waals surface area contributed by atoms with Crippen molar-refractivity contribution in [2.45, 2.75) is 0 Å². The first-order chi connectivity index (χ1) is 3.95. The lowest BCUT2D eigenvalue weighted by Gasteiger charge is -1.98. The first-order valence-electron chi connectivity index (χ1n) is 1.81. The van der Waals surface area contributed by atoms with Gasteiger partial charge < -0.3 is 4.52 Å². The smallest absolute Gasteiger partial charge is 0.386 e. The number of carbonyl (C=O) groups excluding carboxylic acids is 1. The Morgan fingerprint density at radius 2 is 2.11 bits per heavy atom. The molecule has 6 heteroatoms. The van der Waals surface area contributed by atoms with Crippen molar-refractivity contribution in [1.82, 2.24) is 0 Å². The zero-order chi connectivity index (χ0) is 7.49. The van der Waals surface area contributed by atoms with Gasteiger partial charge in [-0.1, -0.05) is 6.58 Å². The highest BCUT2D eigenvalue weighted by atomic mass is 35.9. The van der Waals surface area contributed by atoms with E-state index < -0.39 is 12.0 Å². The van der Waals surface area contributed by atoms with Crippen LogP contribution in [-0.4, -0.2) is 5.97 Å². The Labute approximate surface area is 61.6 Å². The minimum atomic E-state index is -3.71. The summed E-state index contributed by atoms with van der Waals surface area (Å²) in [5.41, 5.74) is 0. The molecule has 0 rings (SSSR count). The predicted molar refractivity (Wildman–Crippen MR) is 35.6 cm³/mol. The molecular formula is C3H3Cl2O3P. The van der Waals surface area contributed by atoms with Crippen LogP contribution >= 0.6 is 28.6 Å². The molecule has 0 amide bonds. The molecule has 3 nitrogen and oxygen atoms in total. The number of carbonyl (C=O) groups is 1. The van der Waals surface area contributed by atoms with Crippen LogP contribution in [-0.2, 0) is 13.9 Å². The molecule has 0 radical (unpaired) electrons. The largest absolute Gasteiger partial charge is 0.430 e. The average Bonchev–Trinajstić information content (AvgIpc) is 1.62. The molecule has 0 aromatic heterocycles. The Kier molecular flexibility index (Phi) is 3.26. The summed E-state index contributed by atoms with van der Waals surface area (Å²) in [5.74, 6) is -0.900. The van der Waals surface area contributed by atoms with E-state index >= 15 is 0 Å². The molecular weight excluding hydrogens is 186 g/mol. The average molecular weight is 189 g/mol.